The fourth-order valence-corrected chi connectivity index (χ4v) is 0.566. The molecule has 1 aromatic rings. The van der Waals surface area contributed by atoms with Crippen molar-refractivity contribution < 1.29 is 7.48 Å². The van der Waals surface area contributed by atoms with E-state index in [0.717, 1.165) is 0 Å². The second kappa shape index (κ2) is 2.77. The van der Waals surface area contributed by atoms with Gasteiger partial charge in [0.1, 0.15) is 4.60 Å². The Kier molecular flexibility index (Phi) is 1.30. The molecule has 0 radical (unpaired) electrons. The average Bonchev–Trinajstić information content (AvgIpc) is 1.93. The van der Waals surface area contributed by atoms with Crippen molar-refractivity contribution in [2.75, 3.05) is 7.06 Å². The van der Waals surface area contributed by atoms with E-state index in [1.54, 1.807) is 0 Å². The molecule has 1 heterocycles. The summed E-state index contributed by atoms with van der Waals surface area (Å²) in [5, 5.41) is 0. The van der Waals surface area contributed by atoms with Crippen molar-refractivity contribution >= 4 is 15.9 Å². The van der Waals surface area contributed by atoms with Gasteiger partial charge >= 0.3 is 0 Å². The minimum Gasteiger partial charge on any atom is -0.480 e. The van der Waals surface area contributed by atoms with Crippen molar-refractivity contribution in [3.05, 3.63) is 17.0 Å². The molecule has 0 bridgehead atoms. The van der Waals surface area contributed by atoms with Crippen LogP contribution in [0.5, 0.6) is 5.88 Å². The van der Waals surface area contributed by atoms with Crippen LogP contribution in [0, 0.1) is 0 Å². The second-order valence-corrected chi connectivity index (χ2v) is 2.11. The van der Waals surface area contributed by atoms with Crippen LogP contribution in [0.2, 0.25) is 0 Å². The lowest BCUT2D eigenvalue weighted by molar-refractivity contribution is 0.395. The number of hydrogen-bond donors (Lipinski definition) is 0. The Morgan fingerprint density at radius 2 is 2.56 bits per heavy atom. The standard InChI is InChI=1S/C5H5BrN2O/c1-9-5-3-7-4(6)2-8-5/h2-3H,1H3/i1D2. The van der Waals surface area contributed by atoms with Gasteiger partial charge in [0.25, 0.3) is 0 Å². The molecule has 48 valence electrons. The van der Waals surface area contributed by atoms with E-state index in [-0.39, 0.29) is 5.88 Å². The van der Waals surface area contributed by atoms with Crippen LogP contribution in [0.4, 0.5) is 0 Å². The number of hydrogen-bond acceptors (Lipinski definition) is 3. The molecule has 0 aliphatic heterocycles. The highest BCUT2D eigenvalue weighted by Gasteiger charge is 1.89. The fourth-order valence-electron chi connectivity index (χ4n) is 0.361. The number of halogens is 1. The summed E-state index contributed by atoms with van der Waals surface area (Å²) >= 11 is 3.09. The van der Waals surface area contributed by atoms with Crippen molar-refractivity contribution in [1.29, 1.82) is 0 Å². The number of rotatable bonds is 1. The molecule has 9 heavy (non-hydrogen) atoms. The molecule has 4 heteroatoms. The van der Waals surface area contributed by atoms with Gasteiger partial charge in [-0.3, -0.25) is 0 Å². The quantitative estimate of drug-likeness (QED) is 0.669. The third-order valence-corrected chi connectivity index (χ3v) is 1.13. The Morgan fingerprint density at radius 3 is 3.11 bits per heavy atom. The molecule has 0 atom stereocenters. The normalized spacial score (nSPS) is 12.7. The van der Waals surface area contributed by atoms with Crippen molar-refractivity contribution in [2.45, 2.75) is 0 Å². The molecule has 1 rings (SSSR count). The van der Waals surface area contributed by atoms with Crippen molar-refractivity contribution in [3.63, 3.8) is 0 Å². The maximum Gasteiger partial charge on any atom is 0.232 e. The lowest BCUT2D eigenvalue weighted by Gasteiger charge is -1.94. The largest absolute Gasteiger partial charge is 0.480 e. The smallest absolute Gasteiger partial charge is 0.232 e. The van der Waals surface area contributed by atoms with Gasteiger partial charge in [-0.25, -0.2) is 9.97 Å². The van der Waals surface area contributed by atoms with E-state index in [1.807, 2.05) is 0 Å². The van der Waals surface area contributed by atoms with Crippen LogP contribution in [0.3, 0.4) is 0 Å². The molecule has 1 aromatic heterocycles. The lowest BCUT2D eigenvalue weighted by Crippen LogP contribution is -1.87. The van der Waals surface area contributed by atoms with Gasteiger partial charge in [-0.15, -0.1) is 0 Å². The number of aromatic nitrogens is 2. The molecule has 0 unspecified atom stereocenters. The Bertz CT molecular complexity index is 228. The molecule has 0 aromatic carbocycles. The monoisotopic (exact) mass is 190 g/mol. The van der Waals surface area contributed by atoms with Crippen molar-refractivity contribution in [2.24, 2.45) is 0 Å². The average molecular weight is 191 g/mol. The van der Waals surface area contributed by atoms with Gasteiger partial charge in [0.05, 0.1) is 22.2 Å². The molecule has 0 amide bonds. The molecule has 0 N–H and O–H groups in total. The van der Waals surface area contributed by atoms with E-state index in [4.69, 9.17) is 2.74 Å². The molecular weight excluding hydrogens is 184 g/mol. The Morgan fingerprint density at radius 1 is 1.67 bits per heavy atom. The minimum absolute atomic E-state index is 0.184. The van der Waals surface area contributed by atoms with E-state index in [1.165, 1.54) is 12.4 Å². The molecule has 3 nitrogen and oxygen atoms in total. The minimum atomic E-state index is -1.36. The Hall–Kier alpha value is -0.640. The van der Waals surface area contributed by atoms with Crippen LogP contribution >= 0.6 is 15.9 Å². The predicted octanol–water partition coefficient (Wildman–Crippen LogP) is 1.25. The molecule has 0 fully saturated rings. The Balaban J connectivity index is 2.66. The summed E-state index contributed by atoms with van der Waals surface area (Å²) in [7, 11) is -1.36. The third-order valence-electron chi connectivity index (χ3n) is 0.717. The summed E-state index contributed by atoms with van der Waals surface area (Å²) in [5.74, 6) is 0.184. The van der Waals surface area contributed by atoms with E-state index >= 15 is 0 Å². The van der Waals surface area contributed by atoms with E-state index < -0.39 is 7.06 Å². The van der Waals surface area contributed by atoms with Gasteiger partial charge in [-0.05, 0) is 15.9 Å². The number of ether oxygens (including phenoxy) is 1. The predicted molar refractivity (Wildman–Crippen MR) is 36.3 cm³/mol. The molecular formula is C5H5BrN2O. The lowest BCUT2D eigenvalue weighted by atomic mass is 10.7. The van der Waals surface area contributed by atoms with E-state index in [9.17, 15) is 0 Å². The van der Waals surface area contributed by atoms with Gasteiger partial charge < -0.3 is 4.74 Å². The fraction of sp³-hybridized carbons (Fsp3) is 0.200. The van der Waals surface area contributed by atoms with Gasteiger partial charge in [0.15, 0.2) is 0 Å². The molecule has 0 aliphatic rings. The topological polar surface area (TPSA) is 35.0 Å². The number of nitrogens with zero attached hydrogens (tertiary/aromatic N) is 2. The molecule has 0 aliphatic carbocycles. The summed E-state index contributed by atoms with van der Waals surface area (Å²) in [6.45, 7) is 0. The zero-order valence-corrected chi connectivity index (χ0v) is 6.00. The van der Waals surface area contributed by atoms with E-state index in [2.05, 4.69) is 30.6 Å². The van der Waals surface area contributed by atoms with Gasteiger partial charge in [-0.2, -0.15) is 0 Å². The first kappa shape index (κ1) is 4.22. The van der Waals surface area contributed by atoms with Crippen LogP contribution in [0.1, 0.15) is 2.74 Å². The Labute approximate surface area is 64.0 Å². The first-order valence-corrected chi connectivity index (χ1v) is 2.96. The summed E-state index contributed by atoms with van der Waals surface area (Å²) in [6.07, 6.45) is 2.79. The van der Waals surface area contributed by atoms with Gasteiger partial charge in [-0.1, -0.05) is 0 Å². The zero-order chi connectivity index (χ0) is 8.27. The first-order chi connectivity index (χ1) is 5.18. The molecule has 0 spiro atoms. The summed E-state index contributed by atoms with van der Waals surface area (Å²) in [4.78, 5) is 7.54. The first-order valence-electron chi connectivity index (χ1n) is 3.32. The van der Waals surface area contributed by atoms with Crippen LogP contribution in [0.25, 0.3) is 0 Å². The summed E-state index contributed by atoms with van der Waals surface area (Å²) in [6, 6.07) is 0. The second-order valence-electron chi connectivity index (χ2n) is 1.30. The van der Waals surface area contributed by atoms with Gasteiger partial charge in [0.2, 0.25) is 5.88 Å². The van der Waals surface area contributed by atoms with E-state index in [0.29, 0.717) is 4.60 Å². The summed E-state index contributed by atoms with van der Waals surface area (Å²) < 4.78 is 18.7. The zero-order valence-electron chi connectivity index (χ0n) is 6.41. The van der Waals surface area contributed by atoms with Crippen LogP contribution < -0.4 is 4.74 Å². The molecule has 0 saturated heterocycles. The SMILES string of the molecule is [2H]C([2H])Oc1cnc(Br)cn1. The summed E-state index contributed by atoms with van der Waals surface area (Å²) in [5.41, 5.74) is 0. The highest BCUT2D eigenvalue weighted by molar-refractivity contribution is 9.10. The molecule has 0 saturated carbocycles. The third kappa shape index (κ3) is 1.64. The maximum atomic E-state index is 6.73. The van der Waals surface area contributed by atoms with Crippen molar-refractivity contribution in [1.82, 2.24) is 9.97 Å². The van der Waals surface area contributed by atoms with Crippen LogP contribution in [0.15, 0.2) is 17.0 Å². The van der Waals surface area contributed by atoms with Gasteiger partial charge in [0, 0.05) is 0 Å². The van der Waals surface area contributed by atoms with Crippen LogP contribution in [-0.2, 0) is 0 Å². The highest BCUT2D eigenvalue weighted by Crippen LogP contribution is 2.06. The highest BCUT2D eigenvalue weighted by atomic mass is 79.9. The maximum absolute atomic E-state index is 6.73. The van der Waals surface area contributed by atoms with Crippen LogP contribution in [-0.4, -0.2) is 17.0 Å². The van der Waals surface area contributed by atoms with Crippen molar-refractivity contribution in [3.8, 4) is 5.88 Å². The number of methoxy groups -OCH3 is 1.